The first-order valence-corrected chi connectivity index (χ1v) is 7.93. The minimum atomic E-state index is 1.02. The second-order valence-corrected chi connectivity index (χ2v) is 5.77. The summed E-state index contributed by atoms with van der Waals surface area (Å²) in [6.45, 7) is 7.54. The minimum absolute atomic E-state index is 1.02. The molecule has 2 aromatic carbocycles. The minimum Gasteiger partial charge on any atom is -0.312 e. The Balaban J connectivity index is 1.75. The zero-order valence-electron chi connectivity index (χ0n) is 12.8. The molecule has 0 radical (unpaired) electrons. The third kappa shape index (κ3) is 3.52. The van der Waals surface area contributed by atoms with Gasteiger partial charge in [-0.05, 0) is 41.8 Å². The highest BCUT2D eigenvalue weighted by Crippen LogP contribution is 2.20. The van der Waals surface area contributed by atoms with Gasteiger partial charge in [0.1, 0.15) is 0 Å². The number of nitrogens with one attached hydrogen (secondary N) is 1. The lowest BCUT2D eigenvalue weighted by Crippen LogP contribution is -2.27. The Hall–Kier alpha value is -1.64. The normalized spacial score (nSPS) is 14.2. The molecule has 110 valence electrons. The van der Waals surface area contributed by atoms with Gasteiger partial charge in [0.15, 0.2) is 0 Å². The summed E-state index contributed by atoms with van der Waals surface area (Å²) in [5.74, 6) is 0. The van der Waals surface area contributed by atoms with Crippen LogP contribution in [0.4, 0.5) is 0 Å². The van der Waals surface area contributed by atoms with E-state index in [9.17, 15) is 0 Å². The molecule has 0 fully saturated rings. The zero-order chi connectivity index (χ0) is 14.5. The van der Waals surface area contributed by atoms with Crippen molar-refractivity contribution in [1.29, 1.82) is 0 Å². The van der Waals surface area contributed by atoms with Gasteiger partial charge < -0.3 is 5.32 Å². The molecule has 1 heterocycles. The molecule has 0 unspecified atom stereocenters. The predicted molar refractivity (Wildman–Crippen MR) is 88.1 cm³/mol. The van der Waals surface area contributed by atoms with Gasteiger partial charge in [-0.3, -0.25) is 4.90 Å². The summed E-state index contributed by atoms with van der Waals surface area (Å²) >= 11 is 0. The first-order valence-electron chi connectivity index (χ1n) is 7.93. The molecule has 2 nitrogen and oxygen atoms in total. The quantitative estimate of drug-likeness (QED) is 0.903. The van der Waals surface area contributed by atoms with Crippen molar-refractivity contribution in [2.75, 3.05) is 13.1 Å². The van der Waals surface area contributed by atoms with E-state index >= 15 is 0 Å². The first kappa shape index (κ1) is 14.3. The summed E-state index contributed by atoms with van der Waals surface area (Å²) in [6, 6.07) is 17.5. The van der Waals surface area contributed by atoms with Crippen molar-refractivity contribution in [1.82, 2.24) is 10.2 Å². The summed E-state index contributed by atoms with van der Waals surface area (Å²) in [5.41, 5.74) is 5.95. The van der Waals surface area contributed by atoms with Crippen molar-refractivity contribution in [3.8, 4) is 0 Å². The van der Waals surface area contributed by atoms with E-state index in [1.54, 1.807) is 5.56 Å². The van der Waals surface area contributed by atoms with Crippen LogP contribution in [0.3, 0.4) is 0 Å². The molecule has 1 aliphatic heterocycles. The van der Waals surface area contributed by atoms with Gasteiger partial charge in [-0.15, -0.1) is 0 Å². The molecule has 0 saturated heterocycles. The van der Waals surface area contributed by atoms with Gasteiger partial charge in [0.25, 0.3) is 0 Å². The summed E-state index contributed by atoms with van der Waals surface area (Å²) in [4.78, 5) is 2.52. The molecule has 21 heavy (non-hydrogen) atoms. The maximum absolute atomic E-state index is 3.46. The summed E-state index contributed by atoms with van der Waals surface area (Å²) in [6.07, 6.45) is 1.16. The lowest BCUT2D eigenvalue weighted by Gasteiger charge is -2.25. The van der Waals surface area contributed by atoms with Crippen molar-refractivity contribution in [3.63, 3.8) is 0 Å². The van der Waals surface area contributed by atoms with Crippen molar-refractivity contribution in [2.24, 2.45) is 0 Å². The van der Waals surface area contributed by atoms with Crippen molar-refractivity contribution >= 4 is 0 Å². The van der Waals surface area contributed by atoms with Crippen molar-refractivity contribution < 1.29 is 0 Å². The van der Waals surface area contributed by atoms with Crippen LogP contribution in [-0.4, -0.2) is 18.0 Å². The predicted octanol–water partition coefficient (Wildman–Crippen LogP) is 3.35. The molecule has 3 rings (SSSR count). The molecule has 0 saturated carbocycles. The molecule has 0 bridgehead atoms. The SMILES string of the molecule is CCN(Cc1ccccc1)Cc1cccc2c1CCNC2. The first-order chi connectivity index (χ1) is 10.4. The summed E-state index contributed by atoms with van der Waals surface area (Å²) in [5, 5.41) is 3.46. The molecule has 2 heteroatoms. The van der Waals surface area contributed by atoms with Crippen LogP contribution in [0, 0.1) is 0 Å². The van der Waals surface area contributed by atoms with E-state index in [1.165, 1.54) is 16.7 Å². The maximum Gasteiger partial charge on any atom is 0.0240 e. The highest BCUT2D eigenvalue weighted by Gasteiger charge is 2.14. The van der Waals surface area contributed by atoms with Crippen LogP contribution >= 0.6 is 0 Å². The van der Waals surface area contributed by atoms with E-state index < -0.39 is 0 Å². The topological polar surface area (TPSA) is 15.3 Å². The van der Waals surface area contributed by atoms with E-state index in [1.807, 2.05) is 0 Å². The molecule has 0 aliphatic carbocycles. The largest absolute Gasteiger partial charge is 0.312 e. The van der Waals surface area contributed by atoms with Crippen LogP contribution in [-0.2, 0) is 26.1 Å². The molecule has 2 aromatic rings. The molecule has 1 aliphatic rings. The number of hydrogen-bond acceptors (Lipinski definition) is 2. The van der Waals surface area contributed by atoms with Gasteiger partial charge in [0.05, 0.1) is 0 Å². The average molecular weight is 280 g/mol. The van der Waals surface area contributed by atoms with Crippen LogP contribution in [0.25, 0.3) is 0 Å². The monoisotopic (exact) mass is 280 g/mol. The van der Waals surface area contributed by atoms with Crippen LogP contribution in [0.1, 0.15) is 29.2 Å². The third-order valence-corrected chi connectivity index (χ3v) is 4.33. The number of rotatable bonds is 5. The molecule has 0 amide bonds. The maximum atomic E-state index is 3.46. The Labute approximate surface area is 127 Å². The zero-order valence-corrected chi connectivity index (χ0v) is 12.8. The van der Waals surface area contributed by atoms with Gasteiger partial charge in [0.2, 0.25) is 0 Å². The Kier molecular flexibility index (Phi) is 4.69. The van der Waals surface area contributed by atoms with Crippen LogP contribution < -0.4 is 5.32 Å². The van der Waals surface area contributed by atoms with Crippen molar-refractivity contribution in [2.45, 2.75) is 33.0 Å². The van der Waals surface area contributed by atoms with E-state index in [0.29, 0.717) is 0 Å². The fourth-order valence-electron chi connectivity index (χ4n) is 3.12. The molecular weight excluding hydrogens is 256 g/mol. The van der Waals surface area contributed by atoms with E-state index in [2.05, 4.69) is 65.7 Å². The number of hydrogen-bond donors (Lipinski definition) is 1. The molecular formula is C19H24N2. The summed E-state index contributed by atoms with van der Waals surface area (Å²) in [7, 11) is 0. The Bertz CT molecular complexity index is 577. The van der Waals surface area contributed by atoms with Gasteiger partial charge in [0, 0.05) is 19.6 Å². The van der Waals surface area contributed by atoms with Crippen LogP contribution in [0.5, 0.6) is 0 Å². The third-order valence-electron chi connectivity index (χ3n) is 4.33. The molecule has 0 atom stereocenters. The smallest absolute Gasteiger partial charge is 0.0240 e. The summed E-state index contributed by atoms with van der Waals surface area (Å²) < 4.78 is 0. The standard InChI is InChI=1S/C19H24N2/c1-2-21(14-16-7-4-3-5-8-16)15-18-10-6-9-17-13-20-12-11-19(17)18/h3-10,20H,2,11-15H2,1H3. The highest BCUT2D eigenvalue weighted by molar-refractivity contribution is 5.37. The second kappa shape index (κ2) is 6.88. The number of nitrogens with zero attached hydrogens (tertiary/aromatic N) is 1. The van der Waals surface area contributed by atoms with Gasteiger partial charge in [-0.1, -0.05) is 55.5 Å². The fraction of sp³-hybridized carbons (Fsp3) is 0.368. The van der Waals surface area contributed by atoms with Gasteiger partial charge in [-0.25, -0.2) is 0 Å². The van der Waals surface area contributed by atoms with Gasteiger partial charge >= 0.3 is 0 Å². The fourth-order valence-corrected chi connectivity index (χ4v) is 3.12. The highest BCUT2D eigenvalue weighted by atomic mass is 15.1. The Morgan fingerprint density at radius 3 is 2.67 bits per heavy atom. The van der Waals surface area contributed by atoms with Gasteiger partial charge in [-0.2, -0.15) is 0 Å². The van der Waals surface area contributed by atoms with Crippen LogP contribution in [0.15, 0.2) is 48.5 Å². The van der Waals surface area contributed by atoms with E-state index in [4.69, 9.17) is 0 Å². The Morgan fingerprint density at radius 1 is 1.00 bits per heavy atom. The average Bonchev–Trinajstić information content (AvgIpc) is 2.55. The number of fused-ring (bicyclic) bond motifs is 1. The molecule has 1 N–H and O–H groups in total. The van der Waals surface area contributed by atoms with Crippen molar-refractivity contribution in [3.05, 3.63) is 70.8 Å². The van der Waals surface area contributed by atoms with E-state index in [0.717, 1.165) is 39.1 Å². The Morgan fingerprint density at radius 2 is 1.86 bits per heavy atom. The van der Waals surface area contributed by atoms with Crippen LogP contribution in [0.2, 0.25) is 0 Å². The lowest BCUT2D eigenvalue weighted by molar-refractivity contribution is 0.270. The van der Waals surface area contributed by atoms with E-state index in [-0.39, 0.29) is 0 Å². The number of benzene rings is 2. The molecule has 0 aromatic heterocycles. The lowest BCUT2D eigenvalue weighted by atomic mass is 9.95. The molecule has 0 spiro atoms. The second-order valence-electron chi connectivity index (χ2n) is 5.77.